The Morgan fingerprint density at radius 1 is 1.33 bits per heavy atom. The van der Waals surface area contributed by atoms with Crippen LogP contribution in [0, 0.1) is 0 Å². The molecule has 0 aliphatic carbocycles. The Morgan fingerprint density at radius 2 is 2.15 bits per heavy atom. The number of nitrogens with two attached hydrogens (primary N) is 1. The summed E-state index contributed by atoms with van der Waals surface area (Å²) in [5.74, 6) is 1.20. The van der Waals surface area contributed by atoms with Crippen LogP contribution in [0.1, 0.15) is 36.3 Å². The van der Waals surface area contributed by atoms with Gasteiger partial charge in [-0.1, -0.05) is 48.0 Å². The van der Waals surface area contributed by atoms with Crippen LogP contribution in [-0.4, -0.2) is 15.6 Å². The summed E-state index contributed by atoms with van der Waals surface area (Å²) in [5.41, 5.74) is 8.43. The number of nitrogens with zero attached hydrogens (tertiary/aromatic N) is 2. The van der Waals surface area contributed by atoms with Crippen molar-refractivity contribution in [2.45, 2.75) is 49.8 Å². The van der Waals surface area contributed by atoms with Crippen LogP contribution in [0.2, 0.25) is 10.0 Å². The van der Waals surface area contributed by atoms with E-state index in [9.17, 15) is 0 Å². The molecule has 4 rings (SSSR count). The van der Waals surface area contributed by atoms with Gasteiger partial charge < -0.3 is 10.5 Å². The third kappa shape index (κ3) is 3.78. The Balaban J connectivity index is 1.63. The van der Waals surface area contributed by atoms with Gasteiger partial charge in [-0.15, -0.1) is 11.3 Å². The zero-order valence-electron chi connectivity index (χ0n) is 15.0. The van der Waals surface area contributed by atoms with Gasteiger partial charge in [-0.3, -0.25) is 0 Å². The Kier molecular flexibility index (Phi) is 5.29. The lowest BCUT2D eigenvalue weighted by atomic mass is 9.90. The highest BCUT2D eigenvalue weighted by atomic mass is 35.5. The van der Waals surface area contributed by atoms with Crippen molar-refractivity contribution in [3.05, 3.63) is 44.2 Å². The summed E-state index contributed by atoms with van der Waals surface area (Å²) >= 11 is 15.4. The van der Waals surface area contributed by atoms with Crippen LogP contribution in [0.5, 0.6) is 0 Å². The summed E-state index contributed by atoms with van der Waals surface area (Å²) in [6.07, 6.45) is 1.81. The molecule has 4 nitrogen and oxygen atoms in total. The van der Waals surface area contributed by atoms with Crippen LogP contribution in [0.15, 0.2) is 23.4 Å². The highest BCUT2D eigenvalue weighted by molar-refractivity contribution is 7.98. The highest BCUT2D eigenvalue weighted by Gasteiger charge is 2.33. The minimum absolute atomic E-state index is 0.147. The van der Waals surface area contributed by atoms with Crippen molar-refractivity contribution in [1.82, 2.24) is 9.97 Å². The third-order valence-corrected chi connectivity index (χ3v) is 7.55. The summed E-state index contributed by atoms with van der Waals surface area (Å²) in [6, 6.07) is 5.50. The Hall–Kier alpha value is -1.05. The second-order valence-electron chi connectivity index (χ2n) is 6.87. The quantitative estimate of drug-likeness (QED) is 0.392. The molecule has 142 valence electrons. The van der Waals surface area contributed by atoms with E-state index in [-0.39, 0.29) is 5.60 Å². The van der Waals surface area contributed by atoms with Crippen LogP contribution in [0.25, 0.3) is 10.2 Å². The van der Waals surface area contributed by atoms with Crippen molar-refractivity contribution >= 4 is 62.3 Å². The summed E-state index contributed by atoms with van der Waals surface area (Å²) in [7, 11) is 0. The number of thiophene rings is 1. The SMILES string of the molecule is CC[C@@]1(C)Cc2c(sc3nc(SCc4ccc(Cl)cc4Cl)nc(N)c23)CO1. The van der Waals surface area contributed by atoms with E-state index in [1.165, 1.54) is 22.2 Å². The number of benzene rings is 1. The number of halogens is 2. The minimum atomic E-state index is -0.147. The van der Waals surface area contributed by atoms with Gasteiger partial charge in [0.15, 0.2) is 5.16 Å². The predicted octanol–water partition coefficient (Wildman–Crippen LogP) is 6.11. The van der Waals surface area contributed by atoms with E-state index in [2.05, 4.69) is 18.8 Å². The number of fused-ring (bicyclic) bond motifs is 3. The maximum atomic E-state index is 6.33. The van der Waals surface area contributed by atoms with Gasteiger partial charge in [-0.25, -0.2) is 9.97 Å². The van der Waals surface area contributed by atoms with Gasteiger partial charge in [0.1, 0.15) is 10.6 Å². The average Bonchev–Trinajstić information content (AvgIpc) is 2.98. The smallest absolute Gasteiger partial charge is 0.191 e. The maximum Gasteiger partial charge on any atom is 0.191 e. The van der Waals surface area contributed by atoms with E-state index in [1.54, 1.807) is 17.4 Å². The summed E-state index contributed by atoms with van der Waals surface area (Å²) in [4.78, 5) is 11.4. The van der Waals surface area contributed by atoms with Crippen LogP contribution in [-0.2, 0) is 23.5 Å². The lowest BCUT2D eigenvalue weighted by Crippen LogP contribution is -2.33. The maximum absolute atomic E-state index is 6.33. The molecule has 2 aromatic heterocycles. The molecule has 0 amide bonds. The van der Waals surface area contributed by atoms with Gasteiger partial charge in [0.2, 0.25) is 0 Å². The van der Waals surface area contributed by atoms with E-state index in [0.717, 1.165) is 28.6 Å². The molecule has 0 spiro atoms. The lowest BCUT2D eigenvalue weighted by Gasteiger charge is -2.33. The normalized spacial score (nSPS) is 19.4. The van der Waals surface area contributed by atoms with E-state index in [0.29, 0.717) is 33.4 Å². The van der Waals surface area contributed by atoms with Gasteiger partial charge in [-0.05, 0) is 36.6 Å². The molecular formula is C19H19Cl2N3OS2. The monoisotopic (exact) mass is 439 g/mol. The molecule has 1 aromatic carbocycles. The highest BCUT2D eigenvalue weighted by Crippen LogP contribution is 2.42. The van der Waals surface area contributed by atoms with Gasteiger partial charge in [0, 0.05) is 27.1 Å². The Labute approximate surface area is 176 Å². The molecule has 0 fully saturated rings. The van der Waals surface area contributed by atoms with Gasteiger partial charge in [-0.2, -0.15) is 0 Å². The molecule has 1 aliphatic rings. The summed E-state index contributed by atoms with van der Waals surface area (Å²) in [5, 5.41) is 2.92. The van der Waals surface area contributed by atoms with E-state index >= 15 is 0 Å². The summed E-state index contributed by atoms with van der Waals surface area (Å²) in [6.45, 7) is 4.91. The van der Waals surface area contributed by atoms with Crippen molar-refractivity contribution in [2.24, 2.45) is 0 Å². The lowest BCUT2D eigenvalue weighted by molar-refractivity contribution is -0.0542. The Bertz CT molecular complexity index is 1020. The third-order valence-electron chi connectivity index (χ3n) is 4.96. The Morgan fingerprint density at radius 3 is 2.89 bits per heavy atom. The molecule has 0 radical (unpaired) electrons. The van der Waals surface area contributed by atoms with Gasteiger partial charge in [0.05, 0.1) is 17.6 Å². The molecule has 0 bridgehead atoms. The second-order valence-corrected chi connectivity index (χ2v) is 9.74. The number of hydrogen-bond donors (Lipinski definition) is 1. The molecule has 1 aliphatic heterocycles. The first-order chi connectivity index (χ1) is 12.9. The molecule has 0 unspecified atom stereocenters. The van der Waals surface area contributed by atoms with Crippen molar-refractivity contribution in [3.8, 4) is 0 Å². The minimum Gasteiger partial charge on any atom is -0.383 e. The number of ether oxygens (including phenoxy) is 1. The van der Waals surface area contributed by atoms with E-state index in [4.69, 9.17) is 38.7 Å². The topological polar surface area (TPSA) is 61.0 Å². The number of rotatable bonds is 4. The number of anilines is 1. The fourth-order valence-electron chi connectivity index (χ4n) is 3.15. The molecule has 0 saturated heterocycles. The van der Waals surface area contributed by atoms with Crippen molar-refractivity contribution < 1.29 is 4.74 Å². The molecule has 2 N–H and O–H groups in total. The van der Waals surface area contributed by atoms with Crippen LogP contribution in [0.4, 0.5) is 5.82 Å². The first kappa shape index (κ1) is 19.3. The second kappa shape index (κ2) is 7.41. The van der Waals surface area contributed by atoms with Crippen molar-refractivity contribution in [2.75, 3.05) is 5.73 Å². The van der Waals surface area contributed by atoms with Gasteiger partial charge >= 0.3 is 0 Å². The van der Waals surface area contributed by atoms with Crippen molar-refractivity contribution in [1.29, 1.82) is 0 Å². The fourth-order valence-corrected chi connectivity index (χ4v) is 5.73. The summed E-state index contributed by atoms with van der Waals surface area (Å²) < 4.78 is 6.06. The number of nitrogen functional groups attached to an aromatic ring is 1. The molecule has 3 heterocycles. The van der Waals surface area contributed by atoms with Crippen LogP contribution >= 0.6 is 46.3 Å². The molecular weight excluding hydrogens is 421 g/mol. The average molecular weight is 440 g/mol. The first-order valence-electron chi connectivity index (χ1n) is 8.67. The molecule has 3 aromatic rings. The number of hydrogen-bond acceptors (Lipinski definition) is 6. The molecule has 27 heavy (non-hydrogen) atoms. The van der Waals surface area contributed by atoms with Gasteiger partial charge in [0.25, 0.3) is 0 Å². The van der Waals surface area contributed by atoms with E-state index in [1.807, 2.05) is 12.1 Å². The number of thioether (sulfide) groups is 1. The largest absolute Gasteiger partial charge is 0.383 e. The number of aromatic nitrogens is 2. The van der Waals surface area contributed by atoms with Crippen LogP contribution in [0.3, 0.4) is 0 Å². The fraction of sp³-hybridized carbons (Fsp3) is 0.368. The first-order valence-corrected chi connectivity index (χ1v) is 11.2. The predicted molar refractivity (Wildman–Crippen MR) is 115 cm³/mol. The van der Waals surface area contributed by atoms with Crippen molar-refractivity contribution in [3.63, 3.8) is 0 Å². The van der Waals surface area contributed by atoms with E-state index < -0.39 is 0 Å². The zero-order chi connectivity index (χ0) is 19.2. The molecule has 0 saturated carbocycles. The molecule has 1 atom stereocenters. The standard InChI is InChI=1S/C19H19Cl2N3OS2/c1-3-19(2)7-12-14(8-25-19)27-17-15(12)16(22)23-18(24-17)26-9-10-4-5-11(20)6-13(10)21/h4-6H,3,7-9H2,1-2H3,(H2,22,23,24)/t19-/m0/s1. The molecule has 8 heteroatoms. The zero-order valence-corrected chi connectivity index (χ0v) is 18.2. The van der Waals surface area contributed by atoms with Crippen LogP contribution < -0.4 is 5.73 Å².